The van der Waals surface area contributed by atoms with E-state index in [-0.39, 0.29) is 11.6 Å². The highest BCUT2D eigenvalue weighted by molar-refractivity contribution is 7.98. The molecule has 4 rings (SSSR count). The molecule has 0 atom stereocenters. The van der Waals surface area contributed by atoms with Crippen LogP contribution in [0.2, 0.25) is 0 Å². The molecule has 0 spiro atoms. The van der Waals surface area contributed by atoms with E-state index < -0.39 is 5.82 Å². The summed E-state index contributed by atoms with van der Waals surface area (Å²) in [6.45, 7) is 1.85. The molecule has 2 aromatic carbocycles. The van der Waals surface area contributed by atoms with Gasteiger partial charge in [-0.3, -0.25) is 4.79 Å². The zero-order valence-corrected chi connectivity index (χ0v) is 16.0. The van der Waals surface area contributed by atoms with Crippen LogP contribution in [0.15, 0.2) is 78.0 Å². The standard InChI is InChI=1S/C22H18FN3OS/c1-15-9-10-18(23)19(12-15)25-22(27)17-6-2-3-7-20(17)28-14-16-13-26-11-5-4-8-21(26)24-16/h2-13H,14H2,1H3,(H,25,27). The number of carbonyl (C=O) groups excluding carboxylic acids is 1. The highest BCUT2D eigenvalue weighted by atomic mass is 32.2. The molecule has 6 heteroatoms. The SMILES string of the molecule is Cc1ccc(F)c(NC(=O)c2ccccc2SCc2cn3ccccc3n2)c1. The van der Waals surface area contributed by atoms with Crippen molar-refractivity contribution >= 4 is 29.0 Å². The molecule has 28 heavy (non-hydrogen) atoms. The van der Waals surface area contributed by atoms with Gasteiger partial charge < -0.3 is 9.72 Å². The summed E-state index contributed by atoms with van der Waals surface area (Å²) in [7, 11) is 0. The van der Waals surface area contributed by atoms with E-state index in [4.69, 9.17) is 0 Å². The summed E-state index contributed by atoms with van der Waals surface area (Å²) in [6.07, 6.45) is 3.93. The number of hydrogen-bond acceptors (Lipinski definition) is 3. The third kappa shape index (κ3) is 3.92. The number of imidazole rings is 1. The molecule has 0 saturated carbocycles. The van der Waals surface area contributed by atoms with Gasteiger partial charge in [0.15, 0.2) is 0 Å². The van der Waals surface area contributed by atoms with Crippen LogP contribution >= 0.6 is 11.8 Å². The van der Waals surface area contributed by atoms with Crippen molar-refractivity contribution in [3.63, 3.8) is 0 Å². The van der Waals surface area contributed by atoms with E-state index in [2.05, 4.69) is 10.3 Å². The van der Waals surface area contributed by atoms with Gasteiger partial charge in [-0.15, -0.1) is 11.8 Å². The van der Waals surface area contributed by atoms with Crippen LogP contribution < -0.4 is 5.32 Å². The van der Waals surface area contributed by atoms with Crippen LogP contribution in [-0.2, 0) is 5.75 Å². The van der Waals surface area contributed by atoms with Crippen molar-refractivity contribution in [2.45, 2.75) is 17.6 Å². The Morgan fingerprint density at radius 1 is 1.14 bits per heavy atom. The number of nitrogens with zero attached hydrogens (tertiary/aromatic N) is 2. The van der Waals surface area contributed by atoms with Crippen molar-refractivity contribution in [3.8, 4) is 0 Å². The van der Waals surface area contributed by atoms with E-state index in [1.165, 1.54) is 17.8 Å². The predicted octanol–water partition coefficient (Wildman–Crippen LogP) is 5.33. The molecule has 0 fully saturated rings. The fraction of sp³-hybridized carbons (Fsp3) is 0.0909. The van der Waals surface area contributed by atoms with Crippen molar-refractivity contribution in [1.82, 2.24) is 9.38 Å². The summed E-state index contributed by atoms with van der Waals surface area (Å²) in [5, 5.41) is 2.68. The highest BCUT2D eigenvalue weighted by Crippen LogP contribution is 2.27. The molecule has 140 valence electrons. The Balaban J connectivity index is 1.52. The van der Waals surface area contributed by atoms with Gasteiger partial charge in [0.05, 0.1) is 16.9 Å². The van der Waals surface area contributed by atoms with E-state index in [1.54, 1.807) is 24.3 Å². The third-order valence-electron chi connectivity index (χ3n) is 4.29. The highest BCUT2D eigenvalue weighted by Gasteiger charge is 2.14. The van der Waals surface area contributed by atoms with Gasteiger partial charge in [0.1, 0.15) is 11.5 Å². The van der Waals surface area contributed by atoms with Crippen LogP contribution in [0.25, 0.3) is 5.65 Å². The van der Waals surface area contributed by atoms with Crippen LogP contribution in [0.3, 0.4) is 0 Å². The van der Waals surface area contributed by atoms with Crippen molar-refractivity contribution in [2.75, 3.05) is 5.32 Å². The molecule has 0 aliphatic heterocycles. The number of pyridine rings is 1. The van der Waals surface area contributed by atoms with E-state index in [1.807, 2.05) is 54.0 Å². The molecular formula is C22H18FN3OS. The van der Waals surface area contributed by atoms with Gasteiger partial charge in [-0.05, 0) is 48.9 Å². The Morgan fingerprint density at radius 3 is 2.82 bits per heavy atom. The maximum absolute atomic E-state index is 14.0. The second kappa shape index (κ2) is 7.86. The number of anilines is 1. The monoisotopic (exact) mass is 391 g/mol. The fourth-order valence-corrected chi connectivity index (χ4v) is 3.85. The summed E-state index contributed by atoms with van der Waals surface area (Å²) in [5.74, 6) is -0.151. The number of amides is 1. The first-order valence-corrected chi connectivity index (χ1v) is 9.81. The molecule has 1 amide bonds. The lowest BCUT2D eigenvalue weighted by atomic mass is 10.2. The van der Waals surface area contributed by atoms with E-state index in [0.29, 0.717) is 11.3 Å². The third-order valence-corrected chi connectivity index (χ3v) is 5.40. The summed E-state index contributed by atoms with van der Waals surface area (Å²) >= 11 is 1.53. The first-order chi connectivity index (χ1) is 13.6. The van der Waals surface area contributed by atoms with Gasteiger partial charge >= 0.3 is 0 Å². The van der Waals surface area contributed by atoms with Crippen molar-refractivity contribution < 1.29 is 9.18 Å². The largest absolute Gasteiger partial charge is 0.319 e. The second-order valence-electron chi connectivity index (χ2n) is 6.42. The molecule has 1 N–H and O–H groups in total. The quantitative estimate of drug-likeness (QED) is 0.468. The average Bonchev–Trinajstić information content (AvgIpc) is 3.12. The minimum atomic E-state index is -0.450. The smallest absolute Gasteiger partial charge is 0.256 e. The normalized spacial score (nSPS) is 10.9. The number of hydrogen-bond donors (Lipinski definition) is 1. The summed E-state index contributed by atoms with van der Waals surface area (Å²) < 4.78 is 16.0. The van der Waals surface area contributed by atoms with Gasteiger partial charge in [-0.25, -0.2) is 9.37 Å². The van der Waals surface area contributed by atoms with E-state index in [9.17, 15) is 9.18 Å². The minimum absolute atomic E-state index is 0.185. The molecule has 2 aromatic heterocycles. The molecule has 2 heterocycles. The maximum atomic E-state index is 14.0. The first-order valence-electron chi connectivity index (χ1n) is 8.82. The molecule has 0 saturated heterocycles. The lowest BCUT2D eigenvalue weighted by Crippen LogP contribution is -2.14. The molecule has 4 nitrogen and oxygen atoms in total. The van der Waals surface area contributed by atoms with Crippen molar-refractivity contribution in [1.29, 1.82) is 0 Å². The summed E-state index contributed by atoms with van der Waals surface area (Å²) in [4.78, 5) is 18.1. The van der Waals surface area contributed by atoms with Crippen molar-refractivity contribution in [2.24, 2.45) is 0 Å². The molecule has 0 aliphatic rings. The van der Waals surface area contributed by atoms with Gasteiger partial charge in [-0.1, -0.05) is 24.3 Å². The molecule has 0 bridgehead atoms. The molecular weight excluding hydrogens is 373 g/mol. The lowest BCUT2D eigenvalue weighted by Gasteiger charge is -2.10. The molecule has 0 aliphatic carbocycles. The molecule has 0 unspecified atom stereocenters. The Bertz CT molecular complexity index is 1120. The second-order valence-corrected chi connectivity index (χ2v) is 7.44. The average molecular weight is 391 g/mol. The number of halogens is 1. The predicted molar refractivity (Wildman–Crippen MR) is 110 cm³/mol. The molecule has 0 radical (unpaired) electrons. The van der Waals surface area contributed by atoms with Crippen LogP contribution in [0.4, 0.5) is 10.1 Å². The Morgan fingerprint density at radius 2 is 1.96 bits per heavy atom. The van der Waals surface area contributed by atoms with E-state index >= 15 is 0 Å². The number of aryl methyl sites for hydroxylation is 1. The van der Waals surface area contributed by atoms with Crippen LogP contribution in [0, 0.1) is 12.7 Å². The number of nitrogens with one attached hydrogen (secondary N) is 1. The Kier molecular flexibility index (Phi) is 5.12. The zero-order chi connectivity index (χ0) is 19.5. The van der Waals surface area contributed by atoms with Gasteiger partial charge in [0.25, 0.3) is 5.91 Å². The number of rotatable bonds is 5. The summed E-state index contributed by atoms with van der Waals surface area (Å²) in [6, 6.07) is 17.8. The number of carbonyl (C=O) groups is 1. The molecule has 4 aromatic rings. The van der Waals surface area contributed by atoms with Crippen LogP contribution in [0.5, 0.6) is 0 Å². The van der Waals surface area contributed by atoms with Crippen molar-refractivity contribution in [3.05, 3.63) is 95.7 Å². The Labute approximate surface area is 166 Å². The van der Waals surface area contributed by atoms with Gasteiger partial charge in [0.2, 0.25) is 0 Å². The van der Waals surface area contributed by atoms with Crippen LogP contribution in [0.1, 0.15) is 21.6 Å². The van der Waals surface area contributed by atoms with Crippen LogP contribution in [-0.4, -0.2) is 15.3 Å². The van der Waals surface area contributed by atoms with Gasteiger partial charge in [0, 0.05) is 23.0 Å². The lowest BCUT2D eigenvalue weighted by molar-refractivity contribution is 0.102. The maximum Gasteiger partial charge on any atom is 0.256 e. The number of aromatic nitrogens is 2. The topological polar surface area (TPSA) is 46.4 Å². The number of fused-ring (bicyclic) bond motifs is 1. The fourth-order valence-electron chi connectivity index (χ4n) is 2.91. The Hall–Kier alpha value is -3.12. The van der Waals surface area contributed by atoms with Gasteiger partial charge in [-0.2, -0.15) is 0 Å². The summed E-state index contributed by atoms with van der Waals surface area (Å²) in [5.41, 5.74) is 3.39. The minimum Gasteiger partial charge on any atom is -0.319 e. The number of benzene rings is 2. The van der Waals surface area contributed by atoms with E-state index in [0.717, 1.165) is 21.8 Å². The zero-order valence-electron chi connectivity index (χ0n) is 15.2. The first kappa shape index (κ1) is 18.3. The number of thioether (sulfide) groups is 1.